The minimum absolute atomic E-state index is 0.237. The number of hydrogen-bond donors (Lipinski definition) is 0. The molecule has 0 spiro atoms. The molecule has 0 bridgehead atoms. The van der Waals surface area contributed by atoms with Crippen molar-refractivity contribution >= 4 is 5.78 Å². The zero-order valence-electron chi connectivity index (χ0n) is 9.44. The first-order valence-electron chi connectivity index (χ1n) is 5.73. The Balaban J connectivity index is 2.01. The predicted octanol–water partition coefficient (Wildman–Crippen LogP) is 2.38. The molecule has 1 fully saturated rings. The number of nitrogens with zero attached hydrogens (tertiary/aromatic N) is 2. The fourth-order valence-corrected chi connectivity index (χ4v) is 2.13. The number of ketones is 1. The Bertz CT molecular complexity index is 354. The molecule has 82 valence electrons. The number of carbonyl (C=O) groups is 1. The number of hydrogen-bond acceptors (Lipinski definition) is 2. The van der Waals surface area contributed by atoms with E-state index in [0.29, 0.717) is 11.8 Å². The van der Waals surface area contributed by atoms with Gasteiger partial charge in [-0.1, -0.05) is 0 Å². The molecule has 0 aromatic carbocycles. The van der Waals surface area contributed by atoms with Crippen molar-refractivity contribution < 1.29 is 4.79 Å². The Hall–Kier alpha value is -1.12. The van der Waals surface area contributed by atoms with Crippen LogP contribution in [0.25, 0.3) is 0 Å². The van der Waals surface area contributed by atoms with E-state index in [9.17, 15) is 4.79 Å². The van der Waals surface area contributed by atoms with Crippen molar-refractivity contribution in [2.45, 2.75) is 45.6 Å². The highest BCUT2D eigenvalue weighted by Gasteiger charge is 2.25. The fourth-order valence-electron chi connectivity index (χ4n) is 2.13. The van der Waals surface area contributed by atoms with Gasteiger partial charge < -0.3 is 0 Å². The Morgan fingerprint density at radius 3 is 2.93 bits per heavy atom. The highest BCUT2D eigenvalue weighted by atomic mass is 16.1. The van der Waals surface area contributed by atoms with Gasteiger partial charge in [-0.2, -0.15) is 5.10 Å². The molecule has 15 heavy (non-hydrogen) atoms. The van der Waals surface area contributed by atoms with Gasteiger partial charge >= 0.3 is 0 Å². The lowest BCUT2D eigenvalue weighted by Gasteiger charge is -2.06. The lowest BCUT2D eigenvalue weighted by atomic mass is 10.0. The van der Waals surface area contributed by atoms with Gasteiger partial charge in [-0.3, -0.25) is 9.48 Å². The van der Waals surface area contributed by atoms with Crippen molar-refractivity contribution in [2.75, 3.05) is 0 Å². The molecule has 1 aliphatic carbocycles. The normalized spacial score (nSPS) is 21.5. The molecule has 1 saturated carbocycles. The molecular formula is C12H18N2O. The van der Waals surface area contributed by atoms with Crippen molar-refractivity contribution in [1.29, 1.82) is 0 Å². The Morgan fingerprint density at radius 1 is 1.60 bits per heavy atom. The monoisotopic (exact) mass is 206 g/mol. The van der Waals surface area contributed by atoms with E-state index in [1.165, 1.54) is 0 Å². The first kappa shape index (κ1) is 10.4. The van der Waals surface area contributed by atoms with Crippen molar-refractivity contribution in [2.24, 2.45) is 5.92 Å². The summed E-state index contributed by atoms with van der Waals surface area (Å²) < 4.78 is 1.95. The molecular weight excluding hydrogens is 188 g/mol. The average molecular weight is 206 g/mol. The maximum atomic E-state index is 11.5. The zero-order chi connectivity index (χ0) is 10.8. The molecule has 1 heterocycles. The SMILES string of the molecule is CC(C)n1ccc(CC2CCCC2=O)n1. The first-order chi connectivity index (χ1) is 7.16. The quantitative estimate of drug-likeness (QED) is 0.761. The van der Waals surface area contributed by atoms with Gasteiger partial charge in [-0.25, -0.2) is 0 Å². The zero-order valence-corrected chi connectivity index (χ0v) is 9.44. The van der Waals surface area contributed by atoms with Gasteiger partial charge in [0.1, 0.15) is 5.78 Å². The van der Waals surface area contributed by atoms with E-state index in [-0.39, 0.29) is 5.92 Å². The largest absolute Gasteiger partial charge is 0.299 e. The van der Waals surface area contributed by atoms with Crippen molar-refractivity contribution in [1.82, 2.24) is 9.78 Å². The van der Waals surface area contributed by atoms with Crippen molar-refractivity contribution in [3.8, 4) is 0 Å². The Labute approximate surface area is 90.5 Å². The third-order valence-corrected chi connectivity index (χ3v) is 3.08. The van der Waals surface area contributed by atoms with Gasteiger partial charge in [0, 0.05) is 31.0 Å². The molecule has 1 aromatic rings. The van der Waals surface area contributed by atoms with Gasteiger partial charge in [-0.15, -0.1) is 0 Å². The van der Waals surface area contributed by atoms with Crippen molar-refractivity contribution in [3.63, 3.8) is 0 Å². The highest BCUT2D eigenvalue weighted by Crippen LogP contribution is 2.24. The van der Waals surface area contributed by atoms with Crippen LogP contribution in [0.4, 0.5) is 0 Å². The second-order valence-corrected chi connectivity index (χ2v) is 4.64. The second kappa shape index (κ2) is 4.17. The summed E-state index contributed by atoms with van der Waals surface area (Å²) in [6.45, 7) is 4.22. The molecule has 3 heteroatoms. The number of carbonyl (C=O) groups excluding carboxylic acids is 1. The third-order valence-electron chi connectivity index (χ3n) is 3.08. The molecule has 0 amide bonds. The topological polar surface area (TPSA) is 34.9 Å². The van der Waals surface area contributed by atoms with Crippen LogP contribution in [0.2, 0.25) is 0 Å². The second-order valence-electron chi connectivity index (χ2n) is 4.64. The first-order valence-corrected chi connectivity index (χ1v) is 5.73. The average Bonchev–Trinajstić information content (AvgIpc) is 2.77. The van der Waals surface area contributed by atoms with Gasteiger partial charge in [0.05, 0.1) is 5.69 Å². The van der Waals surface area contributed by atoms with Crippen LogP contribution < -0.4 is 0 Å². The molecule has 1 aliphatic rings. The number of rotatable bonds is 3. The number of Topliss-reactive ketones (excluding diaryl/α,β-unsaturated/α-hetero) is 1. The molecule has 1 unspecified atom stereocenters. The molecule has 2 rings (SSSR count). The lowest BCUT2D eigenvalue weighted by Crippen LogP contribution is -2.10. The van der Waals surface area contributed by atoms with Gasteiger partial charge in [-0.05, 0) is 32.8 Å². The summed E-state index contributed by atoms with van der Waals surface area (Å²) in [4.78, 5) is 11.5. The van der Waals surface area contributed by atoms with E-state index >= 15 is 0 Å². The van der Waals surface area contributed by atoms with E-state index in [2.05, 4.69) is 18.9 Å². The standard InChI is InChI=1S/C12H18N2O/c1-9(2)14-7-6-11(13-14)8-10-4-3-5-12(10)15/h6-7,9-10H,3-5,8H2,1-2H3. The van der Waals surface area contributed by atoms with Gasteiger partial charge in [0.2, 0.25) is 0 Å². The van der Waals surface area contributed by atoms with Crippen molar-refractivity contribution in [3.05, 3.63) is 18.0 Å². The maximum absolute atomic E-state index is 11.5. The number of aromatic nitrogens is 2. The van der Waals surface area contributed by atoms with Crippen LogP contribution in [0.5, 0.6) is 0 Å². The van der Waals surface area contributed by atoms with Crippen LogP contribution in [0, 0.1) is 5.92 Å². The summed E-state index contributed by atoms with van der Waals surface area (Å²) in [5.41, 5.74) is 1.06. The van der Waals surface area contributed by atoms with E-state index in [1.54, 1.807) is 0 Å². The summed E-state index contributed by atoms with van der Waals surface area (Å²) in [5, 5.41) is 4.47. The van der Waals surface area contributed by atoms with E-state index in [4.69, 9.17) is 0 Å². The van der Waals surface area contributed by atoms with Crippen LogP contribution in [0.3, 0.4) is 0 Å². The van der Waals surface area contributed by atoms with Crippen LogP contribution in [0.1, 0.15) is 44.8 Å². The predicted molar refractivity (Wildman–Crippen MR) is 58.7 cm³/mol. The fraction of sp³-hybridized carbons (Fsp3) is 0.667. The summed E-state index contributed by atoms with van der Waals surface area (Å²) in [7, 11) is 0. The summed E-state index contributed by atoms with van der Waals surface area (Å²) in [6.07, 6.45) is 5.72. The van der Waals surface area contributed by atoms with Crippen LogP contribution >= 0.6 is 0 Å². The molecule has 3 nitrogen and oxygen atoms in total. The molecule has 0 radical (unpaired) electrons. The van der Waals surface area contributed by atoms with Crippen LogP contribution in [-0.2, 0) is 11.2 Å². The van der Waals surface area contributed by atoms with Gasteiger partial charge in [0.25, 0.3) is 0 Å². The summed E-state index contributed by atoms with van der Waals surface area (Å²) in [5.74, 6) is 0.662. The molecule has 0 N–H and O–H groups in total. The molecule has 1 atom stereocenters. The molecule has 1 aromatic heterocycles. The minimum atomic E-state index is 0.237. The Kier molecular flexibility index (Phi) is 2.89. The van der Waals surface area contributed by atoms with E-state index in [1.807, 2.05) is 16.9 Å². The minimum Gasteiger partial charge on any atom is -0.299 e. The van der Waals surface area contributed by atoms with Crippen LogP contribution in [0.15, 0.2) is 12.3 Å². The highest BCUT2D eigenvalue weighted by molar-refractivity contribution is 5.83. The third kappa shape index (κ3) is 2.28. The van der Waals surface area contributed by atoms with E-state index in [0.717, 1.165) is 31.4 Å². The van der Waals surface area contributed by atoms with Gasteiger partial charge in [0.15, 0.2) is 0 Å². The Morgan fingerprint density at radius 2 is 2.40 bits per heavy atom. The maximum Gasteiger partial charge on any atom is 0.136 e. The van der Waals surface area contributed by atoms with Crippen LogP contribution in [-0.4, -0.2) is 15.6 Å². The summed E-state index contributed by atoms with van der Waals surface area (Å²) >= 11 is 0. The van der Waals surface area contributed by atoms with E-state index < -0.39 is 0 Å². The lowest BCUT2D eigenvalue weighted by molar-refractivity contribution is -0.120. The molecule has 0 saturated heterocycles. The molecule has 0 aliphatic heterocycles. The summed E-state index contributed by atoms with van der Waals surface area (Å²) in [6, 6.07) is 2.43. The smallest absolute Gasteiger partial charge is 0.136 e.